The van der Waals surface area contributed by atoms with E-state index < -0.39 is 0 Å². The summed E-state index contributed by atoms with van der Waals surface area (Å²) in [6, 6.07) is 16.8. The largest absolute Gasteiger partial charge is 0.451 e. The monoisotopic (exact) mass is 277 g/mol. The number of fused-ring (bicyclic) bond motifs is 2. The van der Waals surface area contributed by atoms with Gasteiger partial charge < -0.3 is 10.1 Å². The van der Waals surface area contributed by atoms with Crippen LogP contribution in [-0.2, 0) is 0 Å². The van der Waals surface area contributed by atoms with Crippen molar-refractivity contribution in [1.29, 1.82) is 0 Å². The van der Waals surface area contributed by atoms with E-state index in [1.807, 2.05) is 54.6 Å². The van der Waals surface area contributed by atoms with Crippen molar-refractivity contribution in [1.82, 2.24) is 9.78 Å². The Balaban J connectivity index is 1.86. The predicted molar refractivity (Wildman–Crippen MR) is 79.6 cm³/mol. The topological polar surface area (TPSA) is 56.2 Å². The average Bonchev–Trinajstić information content (AvgIpc) is 2.55. The van der Waals surface area contributed by atoms with Crippen LogP contribution < -0.4 is 15.6 Å². The molecule has 0 bridgehead atoms. The third-order valence-electron chi connectivity index (χ3n) is 3.31. The number of benzene rings is 2. The van der Waals surface area contributed by atoms with Crippen molar-refractivity contribution in [2.24, 2.45) is 0 Å². The van der Waals surface area contributed by atoms with Crippen LogP contribution in [0.2, 0.25) is 0 Å². The highest BCUT2D eigenvalue weighted by Gasteiger charge is 2.21. The number of para-hydroxylation sites is 3. The second-order valence-electron chi connectivity index (χ2n) is 4.66. The molecule has 0 amide bonds. The van der Waals surface area contributed by atoms with E-state index in [1.54, 1.807) is 6.20 Å². The molecule has 0 saturated heterocycles. The normalized spacial score (nSPS) is 11.8. The van der Waals surface area contributed by atoms with Crippen molar-refractivity contribution < 1.29 is 4.74 Å². The van der Waals surface area contributed by atoms with E-state index in [9.17, 15) is 4.79 Å². The van der Waals surface area contributed by atoms with Gasteiger partial charge in [-0.3, -0.25) is 4.79 Å². The van der Waals surface area contributed by atoms with Gasteiger partial charge in [-0.2, -0.15) is 9.78 Å². The molecule has 0 unspecified atom stereocenters. The van der Waals surface area contributed by atoms with Crippen LogP contribution in [0.15, 0.2) is 65.6 Å². The molecule has 21 heavy (non-hydrogen) atoms. The highest BCUT2D eigenvalue weighted by atomic mass is 16.5. The van der Waals surface area contributed by atoms with Crippen LogP contribution in [0.3, 0.4) is 0 Å². The molecule has 1 N–H and O–H groups in total. The minimum atomic E-state index is -0.242. The molecule has 102 valence electrons. The van der Waals surface area contributed by atoms with Gasteiger partial charge >= 0.3 is 0 Å². The zero-order chi connectivity index (χ0) is 14.2. The number of rotatable bonds is 1. The maximum absolute atomic E-state index is 12.6. The Morgan fingerprint density at radius 2 is 1.71 bits per heavy atom. The third kappa shape index (κ3) is 1.87. The van der Waals surface area contributed by atoms with Gasteiger partial charge in [0.05, 0.1) is 17.6 Å². The molecule has 0 atom stereocenters. The van der Waals surface area contributed by atoms with Crippen LogP contribution >= 0.6 is 0 Å². The van der Waals surface area contributed by atoms with E-state index in [2.05, 4.69) is 10.4 Å². The van der Waals surface area contributed by atoms with E-state index in [0.717, 1.165) is 5.69 Å². The summed E-state index contributed by atoms with van der Waals surface area (Å²) in [6.45, 7) is 0. The predicted octanol–water partition coefficient (Wildman–Crippen LogP) is 3.08. The molecule has 5 nitrogen and oxygen atoms in total. The fourth-order valence-electron chi connectivity index (χ4n) is 2.30. The van der Waals surface area contributed by atoms with E-state index in [-0.39, 0.29) is 5.56 Å². The summed E-state index contributed by atoms with van der Waals surface area (Å²) in [5.41, 5.74) is 1.64. The molecule has 0 aliphatic carbocycles. The molecule has 0 radical (unpaired) electrons. The van der Waals surface area contributed by atoms with Crippen molar-refractivity contribution in [2.45, 2.75) is 0 Å². The minimum Gasteiger partial charge on any atom is -0.451 e. The SMILES string of the molecule is O=c1c2c(cnn1-c1ccccc1)Oc1ccccc1N2. The first-order chi connectivity index (χ1) is 10.3. The van der Waals surface area contributed by atoms with Gasteiger partial charge in [-0.15, -0.1) is 0 Å². The highest BCUT2D eigenvalue weighted by Crippen LogP contribution is 2.39. The van der Waals surface area contributed by atoms with Gasteiger partial charge in [-0.1, -0.05) is 30.3 Å². The number of hydrogen-bond acceptors (Lipinski definition) is 4. The van der Waals surface area contributed by atoms with Crippen LogP contribution in [0.5, 0.6) is 11.5 Å². The molecule has 1 aliphatic rings. The van der Waals surface area contributed by atoms with Crippen molar-refractivity contribution >= 4 is 11.4 Å². The van der Waals surface area contributed by atoms with E-state index in [1.165, 1.54) is 4.68 Å². The smallest absolute Gasteiger partial charge is 0.299 e. The summed E-state index contributed by atoms with van der Waals surface area (Å²) < 4.78 is 7.06. The number of nitrogens with one attached hydrogen (secondary N) is 1. The van der Waals surface area contributed by atoms with Crippen molar-refractivity contribution in [2.75, 3.05) is 5.32 Å². The van der Waals surface area contributed by atoms with Gasteiger partial charge in [0, 0.05) is 0 Å². The molecule has 1 aliphatic heterocycles. The van der Waals surface area contributed by atoms with Crippen LogP contribution in [0.25, 0.3) is 5.69 Å². The number of aromatic nitrogens is 2. The molecule has 4 rings (SSSR count). The lowest BCUT2D eigenvalue weighted by Crippen LogP contribution is -2.25. The Labute approximate surface area is 120 Å². The zero-order valence-electron chi connectivity index (χ0n) is 11.0. The quantitative estimate of drug-likeness (QED) is 0.581. The van der Waals surface area contributed by atoms with Crippen molar-refractivity contribution in [3.63, 3.8) is 0 Å². The maximum Gasteiger partial charge on any atom is 0.299 e. The summed E-state index contributed by atoms with van der Waals surface area (Å²) >= 11 is 0. The van der Waals surface area contributed by atoms with Gasteiger partial charge in [-0.05, 0) is 24.3 Å². The molecule has 2 aromatic carbocycles. The Hall–Kier alpha value is -3.08. The highest BCUT2D eigenvalue weighted by molar-refractivity contribution is 5.74. The van der Waals surface area contributed by atoms with E-state index in [0.29, 0.717) is 22.9 Å². The first-order valence-corrected chi connectivity index (χ1v) is 6.54. The average molecular weight is 277 g/mol. The second-order valence-corrected chi connectivity index (χ2v) is 4.66. The van der Waals surface area contributed by atoms with E-state index >= 15 is 0 Å². The van der Waals surface area contributed by atoms with Gasteiger partial charge in [0.2, 0.25) is 0 Å². The van der Waals surface area contributed by atoms with E-state index in [4.69, 9.17) is 4.74 Å². The molecule has 5 heteroatoms. The number of anilines is 2. The molecule has 2 heterocycles. The fraction of sp³-hybridized carbons (Fsp3) is 0. The van der Waals surface area contributed by atoms with Crippen LogP contribution in [0, 0.1) is 0 Å². The lowest BCUT2D eigenvalue weighted by Gasteiger charge is -2.21. The molecule has 3 aromatic rings. The summed E-state index contributed by atoms with van der Waals surface area (Å²) in [5.74, 6) is 1.12. The second kappa shape index (κ2) is 4.49. The number of ether oxygens (including phenoxy) is 1. The fourth-order valence-corrected chi connectivity index (χ4v) is 2.30. The first kappa shape index (κ1) is 11.7. The van der Waals surface area contributed by atoms with Crippen LogP contribution in [0.1, 0.15) is 0 Å². The summed E-state index contributed by atoms with van der Waals surface area (Å²) in [5, 5.41) is 7.29. The van der Waals surface area contributed by atoms with Gasteiger partial charge in [0.1, 0.15) is 0 Å². The van der Waals surface area contributed by atoms with Crippen molar-refractivity contribution in [3.8, 4) is 17.2 Å². The minimum absolute atomic E-state index is 0.242. The van der Waals surface area contributed by atoms with Crippen LogP contribution in [0.4, 0.5) is 11.4 Å². The Kier molecular flexibility index (Phi) is 2.50. The first-order valence-electron chi connectivity index (χ1n) is 6.54. The maximum atomic E-state index is 12.6. The lowest BCUT2D eigenvalue weighted by molar-refractivity contribution is 0.473. The molecule has 0 saturated carbocycles. The third-order valence-corrected chi connectivity index (χ3v) is 3.31. The molecular formula is C16H11N3O2. The standard InChI is InChI=1S/C16H11N3O2/c20-16-15-14(21-13-9-5-4-8-12(13)18-15)10-17-19(16)11-6-2-1-3-7-11/h1-10,18H. The number of nitrogens with zero attached hydrogens (tertiary/aromatic N) is 2. The molecule has 1 aromatic heterocycles. The molecule has 0 fully saturated rings. The Bertz CT molecular complexity index is 872. The van der Waals surface area contributed by atoms with Gasteiger partial charge in [0.15, 0.2) is 17.2 Å². The van der Waals surface area contributed by atoms with Gasteiger partial charge in [0.25, 0.3) is 5.56 Å². The Morgan fingerprint density at radius 3 is 2.57 bits per heavy atom. The molecule has 0 spiro atoms. The lowest BCUT2D eigenvalue weighted by atomic mass is 10.2. The number of hydrogen-bond donors (Lipinski definition) is 1. The van der Waals surface area contributed by atoms with Gasteiger partial charge in [-0.25, -0.2) is 0 Å². The summed E-state index contributed by atoms with van der Waals surface area (Å²) in [7, 11) is 0. The summed E-state index contributed by atoms with van der Waals surface area (Å²) in [4.78, 5) is 12.6. The van der Waals surface area contributed by atoms with Crippen molar-refractivity contribution in [3.05, 3.63) is 71.1 Å². The molecular weight excluding hydrogens is 266 g/mol. The summed E-state index contributed by atoms with van der Waals surface area (Å²) in [6.07, 6.45) is 1.55. The zero-order valence-corrected chi connectivity index (χ0v) is 11.0. The van der Waals surface area contributed by atoms with Crippen LogP contribution in [-0.4, -0.2) is 9.78 Å². The Morgan fingerprint density at radius 1 is 0.952 bits per heavy atom.